The average molecular weight is 157 g/mol. The zero-order chi connectivity index (χ0) is 8.85. The zero-order valence-corrected chi connectivity index (χ0v) is 6.03. The van der Waals surface area contributed by atoms with Crippen molar-refractivity contribution in [3.05, 3.63) is 11.9 Å². The maximum Gasteiger partial charge on any atom is 0.320 e. The fourth-order valence-electron chi connectivity index (χ4n) is 0.498. The quantitative estimate of drug-likeness (QED) is 0.469. The summed E-state index contributed by atoms with van der Waals surface area (Å²) < 4.78 is 0. The van der Waals surface area contributed by atoms with Crippen molar-refractivity contribution in [2.24, 2.45) is 16.5 Å². The van der Waals surface area contributed by atoms with Gasteiger partial charge in [0.05, 0.1) is 5.70 Å². The van der Waals surface area contributed by atoms with E-state index >= 15 is 0 Å². The van der Waals surface area contributed by atoms with Gasteiger partial charge in [-0.3, -0.25) is 9.79 Å². The van der Waals surface area contributed by atoms with Crippen LogP contribution < -0.4 is 11.5 Å². The molecule has 1 unspecified atom stereocenters. The summed E-state index contributed by atoms with van der Waals surface area (Å²) in [6, 6.07) is -0.963. The second-order valence-corrected chi connectivity index (χ2v) is 1.96. The Labute approximate surface area is 64.4 Å². The molecule has 0 aliphatic rings. The van der Waals surface area contributed by atoms with Gasteiger partial charge in [0.1, 0.15) is 6.04 Å². The van der Waals surface area contributed by atoms with Crippen LogP contribution >= 0.6 is 0 Å². The van der Waals surface area contributed by atoms with E-state index in [9.17, 15) is 4.79 Å². The summed E-state index contributed by atoms with van der Waals surface area (Å²) >= 11 is 0. The van der Waals surface area contributed by atoms with Crippen molar-refractivity contribution in [3.63, 3.8) is 0 Å². The zero-order valence-electron chi connectivity index (χ0n) is 6.03. The van der Waals surface area contributed by atoms with Gasteiger partial charge in [-0.25, -0.2) is 0 Å². The molecule has 0 heterocycles. The summed E-state index contributed by atoms with van der Waals surface area (Å²) in [7, 11) is 0. The Balaban J connectivity index is 4.02. The van der Waals surface area contributed by atoms with Crippen molar-refractivity contribution in [2.45, 2.75) is 12.5 Å². The molecule has 0 fully saturated rings. The maximum absolute atomic E-state index is 10.2. The number of carboxylic acids is 1. The van der Waals surface area contributed by atoms with E-state index in [-0.39, 0.29) is 6.42 Å². The minimum atomic E-state index is -1.08. The van der Waals surface area contributed by atoms with Crippen molar-refractivity contribution in [1.29, 1.82) is 0 Å². The summed E-state index contributed by atoms with van der Waals surface area (Å²) in [6.07, 6.45) is 1.30. The summed E-state index contributed by atoms with van der Waals surface area (Å²) in [6.45, 7) is 3.20. The van der Waals surface area contributed by atoms with Crippen molar-refractivity contribution >= 4 is 12.7 Å². The van der Waals surface area contributed by atoms with Crippen LogP contribution in [0, 0.1) is 0 Å². The number of carbonyl (C=O) groups is 1. The highest BCUT2D eigenvalue weighted by atomic mass is 16.4. The fourth-order valence-corrected chi connectivity index (χ4v) is 0.498. The van der Waals surface area contributed by atoms with Gasteiger partial charge in [-0.05, 0) is 6.72 Å². The van der Waals surface area contributed by atoms with Crippen molar-refractivity contribution in [3.8, 4) is 0 Å². The van der Waals surface area contributed by atoms with Gasteiger partial charge in [0.2, 0.25) is 0 Å². The van der Waals surface area contributed by atoms with Crippen LogP contribution in [-0.2, 0) is 4.79 Å². The van der Waals surface area contributed by atoms with Gasteiger partial charge in [-0.15, -0.1) is 0 Å². The summed E-state index contributed by atoms with van der Waals surface area (Å²) in [5, 5.41) is 8.37. The fraction of sp³-hybridized carbons (Fsp3) is 0.333. The van der Waals surface area contributed by atoms with Gasteiger partial charge in [-0.1, -0.05) is 0 Å². The van der Waals surface area contributed by atoms with Gasteiger partial charge in [0.15, 0.2) is 0 Å². The van der Waals surface area contributed by atoms with Crippen molar-refractivity contribution < 1.29 is 9.90 Å². The third kappa shape index (κ3) is 3.36. The molecule has 5 heteroatoms. The van der Waals surface area contributed by atoms with E-state index in [1.54, 1.807) is 0 Å². The normalized spacial score (nSPS) is 14.1. The van der Waals surface area contributed by atoms with Crippen LogP contribution in [0.1, 0.15) is 6.42 Å². The second kappa shape index (κ2) is 4.45. The van der Waals surface area contributed by atoms with Crippen LogP contribution in [0.4, 0.5) is 0 Å². The number of rotatable bonds is 4. The van der Waals surface area contributed by atoms with Crippen LogP contribution in [0.2, 0.25) is 0 Å². The molecule has 0 bridgehead atoms. The van der Waals surface area contributed by atoms with E-state index in [0.717, 1.165) is 0 Å². The van der Waals surface area contributed by atoms with Gasteiger partial charge >= 0.3 is 5.97 Å². The lowest BCUT2D eigenvalue weighted by molar-refractivity contribution is -0.138. The number of hydrogen-bond donors (Lipinski definition) is 3. The molecule has 0 aromatic heterocycles. The number of aliphatic imine (C=N–C) groups is 1. The molecule has 0 aliphatic heterocycles. The van der Waals surface area contributed by atoms with Crippen LogP contribution in [0.3, 0.4) is 0 Å². The van der Waals surface area contributed by atoms with E-state index in [4.69, 9.17) is 16.6 Å². The molecule has 11 heavy (non-hydrogen) atoms. The van der Waals surface area contributed by atoms with Crippen LogP contribution in [0.25, 0.3) is 0 Å². The van der Waals surface area contributed by atoms with Crippen LogP contribution in [0.15, 0.2) is 16.9 Å². The number of nitrogens with zero attached hydrogens (tertiary/aromatic N) is 1. The van der Waals surface area contributed by atoms with Crippen LogP contribution in [0.5, 0.6) is 0 Å². The molecule has 5 nitrogen and oxygen atoms in total. The van der Waals surface area contributed by atoms with Gasteiger partial charge in [0, 0.05) is 12.6 Å². The topological polar surface area (TPSA) is 102 Å². The molecule has 0 saturated carbocycles. The first kappa shape index (κ1) is 9.64. The van der Waals surface area contributed by atoms with Crippen molar-refractivity contribution in [2.75, 3.05) is 0 Å². The molecular formula is C6H11N3O2. The molecule has 62 valence electrons. The smallest absolute Gasteiger partial charge is 0.320 e. The van der Waals surface area contributed by atoms with Gasteiger partial charge in [-0.2, -0.15) is 0 Å². The molecule has 1 atom stereocenters. The standard InChI is InChI=1S/C6H11N3O2/c1-9-4(3-7)2-5(8)6(10)11/h3,5H,1-2,7-8H2,(H,10,11)/b4-3+. The van der Waals surface area contributed by atoms with Gasteiger partial charge < -0.3 is 16.6 Å². The minimum Gasteiger partial charge on any atom is -0.480 e. The Bertz CT molecular complexity index is 188. The lowest BCUT2D eigenvalue weighted by atomic mass is 10.2. The highest BCUT2D eigenvalue weighted by molar-refractivity contribution is 5.73. The van der Waals surface area contributed by atoms with Crippen LogP contribution in [-0.4, -0.2) is 23.8 Å². The lowest BCUT2D eigenvalue weighted by Gasteiger charge is -2.04. The highest BCUT2D eigenvalue weighted by Gasteiger charge is 2.12. The maximum atomic E-state index is 10.2. The molecule has 0 aliphatic carbocycles. The first-order valence-corrected chi connectivity index (χ1v) is 2.97. The molecule has 0 aromatic carbocycles. The van der Waals surface area contributed by atoms with E-state index in [2.05, 4.69) is 11.7 Å². The Morgan fingerprint density at radius 2 is 2.36 bits per heavy atom. The van der Waals surface area contributed by atoms with E-state index < -0.39 is 12.0 Å². The molecular weight excluding hydrogens is 146 g/mol. The third-order valence-corrected chi connectivity index (χ3v) is 1.14. The Morgan fingerprint density at radius 3 is 2.64 bits per heavy atom. The Kier molecular flexibility index (Phi) is 3.90. The first-order valence-electron chi connectivity index (χ1n) is 2.97. The number of carboxylic acid groups (broad SMARTS) is 1. The van der Waals surface area contributed by atoms with E-state index in [1.165, 1.54) is 6.20 Å². The molecule has 0 rings (SSSR count). The molecule has 0 amide bonds. The van der Waals surface area contributed by atoms with Crippen molar-refractivity contribution in [1.82, 2.24) is 0 Å². The predicted molar refractivity (Wildman–Crippen MR) is 42.0 cm³/mol. The second-order valence-electron chi connectivity index (χ2n) is 1.96. The predicted octanol–water partition coefficient (Wildman–Crippen LogP) is -0.711. The molecule has 0 aromatic rings. The summed E-state index contributed by atoms with van der Waals surface area (Å²) in [5.74, 6) is -1.08. The lowest BCUT2D eigenvalue weighted by Crippen LogP contribution is -2.30. The summed E-state index contributed by atoms with van der Waals surface area (Å²) in [4.78, 5) is 13.7. The average Bonchev–Trinajstić information content (AvgIpc) is 1.99. The van der Waals surface area contributed by atoms with Gasteiger partial charge in [0.25, 0.3) is 0 Å². The monoisotopic (exact) mass is 157 g/mol. The molecule has 0 radical (unpaired) electrons. The Morgan fingerprint density at radius 1 is 1.82 bits per heavy atom. The third-order valence-electron chi connectivity index (χ3n) is 1.14. The molecule has 5 N–H and O–H groups in total. The SMILES string of the molecule is C=N/C(=C/N)CC(N)C(=O)O. The minimum absolute atomic E-state index is 0.106. The number of nitrogens with two attached hydrogens (primary N) is 2. The van der Waals surface area contributed by atoms with E-state index in [0.29, 0.717) is 5.70 Å². The Hall–Kier alpha value is -1.36. The van der Waals surface area contributed by atoms with E-state index in [1.807, 2.05) is 0 Å². The molecule has 0 spiro atoms. The highest BCUT2D eigenvalue weighted by Crippen LogP contribution is 2.02. The summed E-state index contributed by atoms with van der Waals surface area (Å²) in [5.41, 5.74) is 10.7. The number of hydrogen-bond acceptors (Lipinski definition) is 4. The molecule has 0 saturated heterocycles. The number of aliphatic carboxylic acids is 1. The largest absolute Gasteiger partial charge is 0.480 e. The first-order chi connectivity index (χ1) is 5.11.